The number of hydrogen-bond donors (Lipinski definition) is 1. The quantitative estimate of drug-likeness (QED) is 0.447. The molecule has 1 amide bonds. The Morgan fingerprint density at radius 3 is 2.28 bits per heavy atom. The van der Waals surface area contributed by atoms with Crippen LogP contribution in [0.15, 0.2) is 71.1 Å². The molecule has 0 atom stereocenters. The maximum absolute atomic E-state index is 12.4. The number of nitrogens with one attached hydrogen (secondary N) is 1. The lowest BCUT2D eigenvalue weighted by Crippen LogP contribution is -2.11. The summed E-state index contributed by atoms with van der Waals surface area (Å²) in [6, 6.07) is 21.3. The van der Waals surface area contributed by atoms with Gasteiger partial charge in [0.25, 0.3) is 5.91 Å². The monoisotopic (exact) mass is 384 g/mol. The maximum atomic E-state index is 12.4. The van der Waals surface area contributed by atoms with Crippen LogP contribution >= 0.6 is 0 Å². The van der Waals surface area contributed by atoms with Gasteiger partial charge in [-0.2, -0.15) is 0 Å². The topological polar surface area (TPSA) is 55.1 Å². The minimum atomic E-state index is -0.151. The van der Waals surface area contributed by atoms with Crippen LogP contribution in [0.3, 0.4) is 0 Å². The van der Waals surface area contributed by atoms with Crippen LogP contribution in [0.2, 0.25) is 0 Å². The summed E-state index contributed by atoms with van der Waals surface area (Å²) < 4.78 is 5.96. The summed E-state index contributed by atoms with van der Waals surface area (Å²) in [4.78, 5) is 17.0. The number of fused-ring (bicyclic) bond motifs is 1. The van der Waals surface area contributed by atoms with E-state index in [1.54, 1.807) is 6.07 Å². The molecule has 29 heavy (non-hydrogen) atoms. The van der Waals surface area contributed by atoms with Crippen molar-refractivity contribution in [3.63, 3.8) is 0 Å². The van der Waals surface area contributed by atoms with Crippen molar-refractivity contribution in [1.29, 1.82) is 0 Å². The normalized spacial score (nSPS) is 11.6. The van der Waals surface area contributed by atoms with Crippen molar-refractivity contribution in [3.8, 4) is 11.5 Å². The number of benzene rings is 3. The zero-order valence-electron chi connectivity index (χ0n) is 17.1. The molecule has 1 N–H and O–H groups in total. The number of rotatable bonds is 3. The molecule has 0 fully saturated rings. The summed E-state index contributed by atoms with van der Waals surface area (Å²) in [7, 11) is 0. The smallest absolute Gasteiger partial charge is 0.255 e. The number of carbonyl (C=O) groups excluding carboxylic acids is 1. The molecule has 0 spiro atoms. The van der Waals surface area contributed by atoms with E-state index in [0.29, 0.717) is 22.7 Å². The molecule has 4 rings (SSSR count). The first-order valence-corrected chi connectivity index (χ1v) is 9.69. The SMILES string of the molecule is Cc1ccc(C(=O)Nc2ccc3nc(-c4ccc(C(C)(C)C)cc4)oc3c2)cc1. The Balaban J connectivity index is 1.57. The first-order chi connectivity index (χ1) is 13.8. The fraction of sp³-hybridized carbons (Fsp3) is 0.200. The van der Waals surface area contributed by atoms with Crippen molar-refractivity contribution >= 4 is 22.7 Å². The number of hydrogen-bond acceptors (Lipinski definition) is 3. The molecule has 1 aromatic heterocycles. The van der Waals surface area contributed by atoms with Crippen molar-refractivity contribution in [2.75, 3.05) is 5.32 Å². The number of aromatic nitrogens is 1. The molecule has 0 radical (unpaired) electrons. The van der Waals surface area contributed by atoms with Gasteiger partial charge >= 0.3 is 0 Å². The molecule has 0 aliphatic heterocycles. The largest absolute Gasteiger partial charge is 0.436 e. The Kier molecular flexibility index (Phi) is 4.71. The predicted octanol–water partition coefficient (Wildman–Crippen LogP) is 6.35. The van der Waals surface area contributed by atoms with Crippen molar-refractivity contribution in [2.45, 2.75) is 33.1 Å². The predicted molar refractivity (Wildman–Crippen MR) is 117 cm³/mol. The summed E-state index contributed by atoms with van der Waals surface area (Å²) in [5.74, 6) is 0.421. The van der Waals surface area contributed by atoms with Gasteiger partial charge in [-0.1, -0.05) is 50.6 Å². The van der Waals surface area contributed by atoms with Crippen LogP contribution < -0.4 is 5.32 Å². The van der Waals surface area contributed by atoms with E-state index >= 15 is 0 Å². The maximum Gasteiger partial charge on any atom is 0.255 e. The third-order valence-electron chi connectivity index (χ3n) is 4.96. The molecule has 4 aromatic rings. The van der Waals surface area contributed by atoms with Gasteiger partial charge in [0.2, 0.25) is 5.89 Å². The fourth-order valence-corrected chi connectivity index (χ4v) is 3.15. The Bertz CT molecular complexity index is 1160. The second-order valence-corrected chi connectivity index (χ2v) is 8.35. The van der Waals surface area contributed by atoms with Crippen LogP contribution in [-0.4, -0.2) is 10.9 Å². The molecule has 0 saturated heterocycles. The third-order valence-corrected chi connectivity index (χ3v) is 4.96. The number of oxazole rings is 1. The lowest BCUT2D eigenvalue weighted by molar-refractivity contribution is 0.102. The highest BCUT2D eigenvalue weighted by atomic mass is 16.3. The average molecular weight is 384 g/mol. The van der Waals surface area contributed by atoms with E-state index in [9.17, 15) is 4.79 Å². The molecule has 1 heterocycles. The van der Waals surface area contributed by atoms with Crippen molar-refractivity contribution in [1.82, 2.24) is 4.98 Å². The van der Waals surface area contributed by atoms with Gasteiger partial charge in [-0.3, -0.25) is 4.79 Å². The number of carbonyl (C=O) groups is 1. The average Bonchev–Trinajstić information content (AvgIpc) is 3.11. The van der Waals surface area contributed by atoms with Gasteiger partial charge in [0, 0.05) is 22.9 Å². The van der Waals surface area contributed by atoms with E-state index in [0.717, 1.165) is 16.6 Å². The van der Waals surface area contributed by atoms with Gasteiger partial charge < -0.3 is 9.73 Å². The Morgan fingerprint density at radius 2 is 1.62 bits per heavy atom. The van der Waals surface area contributed by atoms with Crippen LogP contribution in [-0.2, 0) is 5.41 Å². The van der Waals surface area contributed by atoms with Gasteiger partial charge in [0.1, 0.15) is 5.52 Å². The highest BCUT2D eigenvalue weighted by Crippen LogP contribution is 2.29. The summed E-state index contributed by atoms with van der Waals surface area (Å²) >= 11 is 0. The lowest BCUT2D eigenvalue weighted by atomic mass is 9.87. The van der Waals surface area contributed by atoms with Crippen molar-refractivity contribution in [2.24, 2.45) is 0 Å². The van der Waals surface area contributed by atoms with Gasteiger partial charge in [-0.25, -0.2) is 4.98 Å². The Morgan fingerprint density at radius 1 is 0.931 bits per heavy atom. The molecule has 0 aliphatic rings. The van der Waals surface area contributed by atoms with Crippen LogP contribution in [0.1, 0.15) is 42.3 Å². The molecule has 4 heteroatoms. The van der Waals surface area contributed by atoms with Gasteiger partial charge in [-0.15, -0.1) is 0 Å². The van der Waals surface area contributed by atoms with Crippen LogP contribution in [0.4, 0.5) is 5.69 Å². The fourth-order valence-electron chi connectivity index (χ4n) is 3.15. The Labute approximate surface area is 170 Å². The number of amides is 1. The standard InChI is InChI=1S/C25H24N2O2/c1-16-5-7-17(8-6-16)23(28)26-20-13-14-21-22(15-20)29-24(27-21)18-9-11-19(12-10-18)25(2,3)4/h5-15H,1-4H3,(H,26,28). The molecule has 0 aliphatic carbocycles. The molecule has 0 saturated carbocycles. The molecular formula is C25H24N2O2. The molecule has 3 aromatic carbocycles. The molecule has 146 valence electrons. The first kappa shape index (κ1) is 18.9. The zero-order valence-corrected chi connectivity index (χ0v) is 17.1. The zero-order chi connectivity index (χ0) is 20.6. The summed E-state index contributed by atoms with van der Waals surface area (Å²) in [5, 5.41) is 2.92. The number of anilines is 1. The summed E-state index contributed by atoms with van der Waals surface area (Å²) in [5.41, 5.74) is 6.10. The van der Waals surface area contributed by atoms with E-state index in [1.807, 2.05) is 55.5 Å². The minimum Gasteiger partial charge on any atom is -0.436 e. The van der Waals surface area contributed by atoms with Crippen LogP contribution in [0, 0.1) is 6.92 Å². The molecule has 0 unspecified atom stereocenters. The van der Waals surface area contributed by atoms with Crippen LogP contribution in [0.5, 0.6) is 0 Å². The number of aryl methyl sites for hydroxylation is 1. The van der Waals surface area contributed by atoms with E-state index in [-0.39, 0.29) is 11.3 Å². The summed E-state index contributed by atoms with van der Waals surface area (Å²) in [6.07, 6.45) is 0. The first-order valence-electron chi connectivity index (χ1n) is 9.69. The van der Waals surface area contributed by atoms with E-state index < -0.39 is 0 Å². The van der Waals surface area contributed by atoms with Gasteiger partial charge in [-0.05, 0) is 54.3 Å². The number of nitrogens with zero attached hydrogens (tertiary/aromatic N) is 1. The minimum absolute atomic E-state index is 0.102. The highest BCUT2D eigenvalue weighted by Gasteiger charge is 2.15. The van der Waals surface area contributed by atoms with Gasteiger partial charge in [0.05, 0.1) is 0 Å². The highest BCUT2D eigenvalue weighted by molar-refractivity contribution is 6.04. The Hall–Kier alpha value is -3.40. The third kappa shape index (κ3) is 4.06. The molecule has 4 nitrogen and oxygen atoms in total. The molecule has 0 bridgehead atoms. The molecular weight excluding hydrogens is 360 g/mol. The van der Waals surface area contributed by atoms with Crippen molar-refractivity contribution in [3.05, 3.63) is 83.4 Å². The second kappa shape index (κ2) is 7.21. The lowest BCUT2D eigenvalue weighted by Gasteiger charge is -2.18. The van der Waals surface area contributed by atoms with Crippen LogP contribution in [0.25, 0.3) is 22.6 Å². The summed E-state index contributed by atoms with van der Waals surface area (Å²) in [6.45, 7) is 8.56. The van der Waals surface area contributed by atoms with Crippen molar-refractivity contribution < 1.29 is 9.21 Å². The van der Waals surface area contributed by atoms with E-state index in [1.165, 1.54) is 5.56 Å². The second-order valence-electron chi connectivity index (χ2n) is 8.35. The van der Waals surface area contributed by atoms with E-state index in [2.05, 4.69) is 43.2 Å². The van der Waals surface area contributed by atoms with Gasteiger partial charge in [0.15, 0.2) is 5.58 Å². The van der Waals surface area contributed by atoms with E-state index in [4.69, 9.17) is 4.42 Å².